The second-order valence-corrected chi connectivity index (χ2v) is 2.80. The number of hydrogen-bond acceptors (Lipinski definition) is 4. The molecule has 1 saturated heterocycles. The summed E-state index contributed by atoms with van der Waals surface area (Å²) >= 11 is 0. The van der Waals surface area contributed by atoms with Crippen molar-refractivity contribution in [2.75, 3.05) is 13.7 Å². The van der Waals surface area contributed by atoms with Crippen LogP contribution in [0.25, 0.3) is 0 Å². The Morgan fingerprint density at radius 3 is 2.58 bits per heavy atom. The van der Waals surface area contributed by atoms with Crippen molar-refractivity contribution in [3.63, 3.8) is 0 Å². The van der Waals surface area contributed by atoms with Crippen LogP contribution in [0.4, 0.5) is 0 Å². The third-order valence-electron chi connectivity index (χ3n) is 2.06. The molecule has 1 fully saturated rings. The smallest absolute Gasteiger partial charge is 0.316 e. The molecule has 1 N–H and O–H groups in total. The zero-order valence-electron chi connectivity index (χ0n) is 6.95. The van der Waals surface area contributed by atoms with Crippen molar-refractivity contribution < 1.29 is 4.74 Å². The Bertz CT molecular complexity index is 256. The van der Waals surface area contributed by atoms with Gasteiger partial charge in [0, 0.05) is 24.0 Å². The van der Waals surface area contributed by atoms with Crippen molar-refractivity contribution in [2.45, 2.75) is 12.5 Å². The second-order valence-electron chi connectivity index (χ2n) is 2.80. The van der Waals surface area contributed by atoms with Gasteiger partial charge in [-0.25, -0.2) is 9.97 Å². The fraction of sp³-hybridized carbons (Fsp3) is 0.500. The van der Waals surface area contributed by atoms with E-state index >= 15 is 0 Å². The van der Waals surface area contributed by atoms with Crippen LogP contribution in [0.5, 0.6) is 6.01 Å². The molecule has 64 valence electrons. The standard InChI is InChI=1S/C8H11N3O/c1-12-8-10-4-6(5-11-8)7-2-3-9-7/h4-5,7,9H,2-3H2,1H3. The quantitative estimate of drug-likeness (QED) is 0.694. The summed E-state index contributed by atoms with van der Waals surface area (Å²) in [4.78, 5) is 8.05. The Kier molecular flexibility index (Phi) is 1.91. The van der Waals surface area contributed by atoms with Gasteiger partial charge in [-0.15, -0.1) is 0 Å². The zero-order chi connectivity index (χ0) is 8.39. The van der Waals surface area contributed by atoms with E-state index in [1.807, 2.05) is 12.4 Å². The Morgan fingerprint density at radius 2 is 2.17 bits per heavy atom. The molecule has 0 aromatic carbocycles. The lowest BCUT2D eigenvalue weighted by atomic mass is 10.0. The van der Waals surface area contributed by atoms with E-state index < -0.39 is 0 Å². The molecule has 1 aliphatic heterocycles. The van der Waals surface area contributed by atoms with E-state index in [2.05, 4.69) is 15.3 Å². The monoisotopic (exact) mass is 165 g/mol. The molecule has 12 heavy (non-hydrogen) atoms. The maximum Gasteiger partial charge on any atom is 0.316 e. The molecule has 2 heterocycles. The van der Waals surface area contributed by atoms with E-state index in [0.717, 1.165) is 12.1 Å². The summed E-state index contributed by atoms with van der Waals surface area (Å²) in [5.41, 5.74) is 1.14. The van der Waals surface area contributed by atoms with E-state index in [-0.39, 0.29) is 0 Å². The molecular formula is C8H11N3O. The molecule has 1 unspecified atom stereocenters. The van der Waals surface area contributed by atoms with Gasteiger partial charge in [-0.2, -0.15) is 0 Å². The Morgan fingerprint density at radius 1 is 1.50 bits per heavy atom. The van der Waals surface area contributed by atoms with Crippen LogP contribution in [-0.4, -0.2) is 23.6 Å². The van der Waals surface area contributed by atoms with Gasteiger partial charge in [-0.05, 0) is 13.0 Å². The summed E-state index contributed by atoms with van der Waals surface area (Å²) in [7, 11) is 1.57. The van der Waals surface area contributed by atoms with E-state index in [9.17, 15) is 0 Å². The van der Waals surface area contributed by atoms with Gasteiger partial charge in [0.15, 0.2) is 0 Å². The first-order valence-corrected chi connectivity index (χ1v) is 3.99. The normalized spacial score (nSPS) is 21.6. The third-order valence-corrected chi connectivity index (χ3v) is 2.06. The number of nitrogens with zero attached hydrogens (tertiary/aromatic N) is 2. The van der Waals surface area contributed by atoms with Crippen LogP contribution in [0.3, 0.4) is 0 Å². The lowest BCUT2D eigenvalue weighted by Gasteiger charge is -2.27. The number of ether oxygens (including phenoxy) is 1. The molecule has 0 radical (unpaired) electrons. The topological polar surface area (TPSA) is 47.0 Å². The molecule has 1 aliphatic rings. The van der Waals surface area contributed by atoms with E-state index in [1.165, 1.54) is 6.42 Å². The number of hydrogen-bond donors (Lipinski definition) is 1. The number of methoxy groups -OCH3 is 1. The Balaban J connectivity index is 2.13. The van der Waals surface area contributed by atoms with Crippen molar-refractivity contribution in [2.24, 2.45) is 0 Å². The summed E-state index contributed by atoms with van der Waals surface area (Å²) in [6, 6.07) is 0.883. The van der Waals surface area contributed by atoms with Crippen molar-refractivity contribution in [1.82, 2.24) is 15.3 Å². The van der Waals surface area contributed by atoms with Crippen molar-refractivity contribution >= 4 is 0 Å². The lowest BCUT2D eigenvalue weighted by Crippen LogP contribution is -2.35. The lowest BCUT2D eigenvalue weighted by molar-refractivity contribution is 0.366. The van der Waals surface area contributed by atoms with Gasteiger partial charge in [0.05, 0.1) is 7.11 Å². The predicted octanol–water partition coefficient (Wildman–Crippen LogP) is 0.520. The maximum absolute atomic E-state index is 4.86. The number of aromatic nitrogens is 2. The molecule has 0 saturated carbocycles. The summed E-state index contributed by atoms with van der Waals surface area (Å²) in [5, 5.41) is 3.28. The van der Waals surface area contributed by atoms with Crippen molar-refractivity contribution in [1.29, 1.82) is 0 Å². The van der Waals surface area contributed by atoms with E-state index in [4.69, 9.17) is 4.74 Å². The molecule has 2 rings (SSSR count). The van der Waals surface area contributed by atoms with Gasteiger partial charge in [0.2, 0.25) is 0 Å². The third kappa shape index (κ3) is 1.25. The highest BCUT2D eigenvalue weighted by molar-refractivity contribution is 5.14. The van der Waals surface area contributed by atoms with Crippen LogP contribution in [0.15, 0.2) is 12.4 Å². The molecule has 0 spiro atoms. The molecule has 4 heteroatoms. The van der Waals surface area contributed by atoms with Crippen LogP contribution in [-0.2, 0) is 0 Å². The van der Waals surface area contributed by atoms with Gasteiger partial charge in [0.1, 0.15) is 0 Å². The Hall–Kier alpha value is -1.16. The summed E-state index contributed by atoms with van der Waals surface area (Å²) < 4.78 is 4.86. The van der Waals surface area contributed by atoms with E-state index in [1.54, 1.807) is 7.11 Å². The molecule has 0 amide bonds. The first-order valence-electron chi connectivity index (χ1n) is 3.99. The van der Waals surface area contributed by atoms with Gasteiger partial charge >= 0.3 is 6.01 Å². The molecule has 0 aliphatic carbocycles. The van der Waals surface area contributed by atoms with Crippen LogP contribution >= 0.6 is 0 Å². The van der Waals surface area contributed by atoms with Crippen molar-refractivity contribution in [3.05, 3.63) is 18.0 Å². The molecule has 1 atom stereocenters. The average molecular weight is 165 g/mol. The highest BCUT2D eigenvalue weighted by Gasteiger charge is 2.18. The fourth-order valence-electron chi connectivity index (χ4n) is 1.18. The van der Waals surface area contributed by atoms with Gasteiger partial charge < -0.3 is 10.1 Å². The molecule has 0 bridgehead atoms. The first kappa shape index (κ1) is 7.49. The van der Waals surface area contributed by atoms with Crippen LogP contribution in [0.2, 0.25) is 0 Å². The maximum atomic E-state index is 4.86. The molecule has 4 nitrogen and oxygen atoms in total. The molecule has 1 aromatic heterocycles. The summed E-state index contributed by atoms with van der Waals surface area (Å²) in [6.45, 7) is 1.09. The van der Waals surface area contributed by atoms with Crippen LogP contribution < -0.4 is 10.1 Å². The summed E-state index contributed by atoms with van der Waals surface area (Å²) in [5.74, 6) is 0. The number of nitrogens with one attached hydrogen (secondary N) is 1. The van der Waals surface area contributed by atoms with E-state index in [0.29, 0.717) is 12.1 Å². The number of rotatable bonds is 2. The van der Waals surface area contributed by atoms with Gasteiger partial charge in [-0.3, -0.25) is 0 Å². The fourth-order valence-corrected chi connectivity index (χ4v) is 1.18. The SMILES string of the molecule is COc1ncc(C2CCN2)cn1. The predicted molar refractivity (Wildman–Crippen MR) is 43.9 cm³/mol. The molecule has 1 aromatic rings. The first-order chi connectivity index (χ1) is 5.90. The highest BCUT2D eigenvalue weighted by atomic mass is 16.5. The zero-order valence-corrected chi connectivity index (χ0v) is 6.95. The Labute approximate surface area is 71.0 Å². The minimum Gasteiger partial charge on any atom is -0.467 e. The van der Waals surface area contributed by atoms with Crippen LogP contribution in [0, 0.1) is 0 Å². The largest absolute Gasteiger partial charge is 0.467 e. The summed E-state index contributed by atoms with van der Waals surface area (Å²) in [6.07, 6.45) is 4.79. The highest BCUT2D eigenvalue weighted by Crippen LogP contribution is 2.21. The minimum absolute atomic E-state index is 0.429. The average Bonchev–Trinajstić information content (AvgIpc) is 2.03. The molecular weight excluding hydrogens is 154 g/mol. The van der Waals surface area contributed by atoms with Crippen LogP contribution in [0.1, 0.15) is 18.0 Å². The van der Waals surface area contributed by atoms with Crippen molar-refractivity contribution in [3.8, 4) is 6.01 Å². The van der Waals surface area contributed by atoms with Gasteiger partial charge in [-0.1, -0.05) is 0 Å². The van der Waals surface area contributed by atoms with Gasteiger partial charge in [0.25, 0.3) is 0 Å². The second kappa shape index (κ2) is 3.06. The minimum atomic E-state index is 0.429.